The van der Waals surface area contributed by atoms with Crippen molar-refractivity contribution in [3.05, 3.63) is 39.5 Å². The van der Waals surface area contributed by atoms with Gasteiger partial charge in [-0.25, -0.2) is 9.78 Å². The van der Waals surface area contributed by atoms with Crippen LogP contribution in [0.5, 0.6) is 0 Å². The lowest BCUT2D eigenvalue weighted by molar-refractivity contribution is -0.137. The van der Waals surface area contributed by atoms with E-state index in [4.69, 9.17) is 15.7 Å². The molecule has 1 aromatic carbocycles. The van der Waals surface area contributed by atoms with Crippen LogP contribution in [0.25, 0.3) is 0 Å². The zero-order valence-electron chi connectivity index (χ0n) is 19.8. The number of alkyl halides is 3. The van der Waals surface area contributed by atoms with E-state index in [0.29, 0.717) is 31.6 Å². The van der Waals surface area contributed by atoms with Crippen molar-refractivity contribution in [1.82, 2.24) is 9.97 Å². The topological polar surface area (TPSA) is 87.4 Å². The first-order valence-corrected chi connectivity index (χ1v) is 12.6. The summed E-state index contributed by atoms with van der Waals surface area (Å²) in [6, 6.07) is 2.52. The van der Waals surface area contributed by atoms with Crippen LogP contribution in [0.15, 0.2) is 22.7 Å². The summed E-state index contributed by atoms with van der Waals surface area (Å²) in [5.74, 6) is 1.51. The fourth-order valence-electron chi connectivity index (χ4n) is 5.11. The van der Waals surface area contributed by atoms with E-state index in [0.717, 1.165) is 48.2 Å². The number of nitrogens with one attached hydrogen (secondary N) is 1. The molecule has 2 aromatic rings. The number of hydrogen-bond acceptors (Lipinski definition) is 5. The van der Waals surface area contributed by atoms with Crippen LogP contribution in [-0.2, 0) is 19.0 Å². The summed E-state index contributed by atoms with van der Waals surface area (Å²) in [4.78, 5) is 24.9. The van der Waals surface area contributed by atoms with Gasteiger partial charge in [-0.3, -0.25) is 4.90 Å². The van der Waals surface area contributed by atoms with E-state index in [1.54, 1.807) is 0 Å². The maximum Gasteiger partial charge on any atom is 0.418 e. The van der Waals surface area contributed by atoms with Crippen molar-refractivity contribution in [2.45, 2.75) is 69.6 Å². The number of nitrogens with zero attached hydrogens (tertiary/aromatic N) is 4. The molecule has 190 valence electrons. The maximum absolute atomic E-state index is 13.7. The van der Waals surface area contributed by atoms with Crippen LogP contribution >= 0.6 is 15.9 Å². The Hall–Kier alpha value is -2.56. The molecule has 0 spiro atoms. The minimum atomic E-state index is -4.61. The number of aromatic nitrogens is 2. The number of rotatable bonds is 5. The highest BCUT2D eigenvalue weighted by atomic mass is 79.9. The lowest BCUT2D eigenvalue weighted by Crippen LogP contribution is -2.47. The zero-order chi connectivity index (χ0) is 25.3. The summed E-state index contributed by atoms with van der Waals surface area (Å²) >= 11 is 3.09. The van der Waals surface area contributed by atoms with Crippen molar-refractivity contribution < 1.29 is 18.0 Å². The highest BCUT2D eigenvalue weighted by Gasteiger charge is 2.38. The van der Waals surface area contributed by atoms with Gasteiger partial charge in [0.1, 0.15) is 5.82 Å². The van der Waals surface area contributed by atoms with Crippen LogP contribution in [0.4, 0.5) is 35.4 Å². The van der Waals surface area contributed by atoms with E-state index in [9.17, 15) is 18.0 Å². The number of primary amides is 1. The minimum absolute atomic E-state index is 0.0598. The Morgan fingerprint density at radius 3 is 2.43 bits per heavy atom. The molecule has 11 heteroatoms. The van der Waals surface area contributed by atoms with Crippen molar-refractivity contribution in [3.8, 4) is 0 Å². The van der Waals surface area contributed by atoms with Gasteiger partial charge < -0.3 is 16.0 Å². The average molecular weight is 555 g/mol. The molecular weight excluding hydrogens is 525 g/mol. The van der Waals surface area contributed by atoms with E-state index in [1.165, 1.54) is 17.7 Å². The van der Waals surface area contributed by atoms with Crippen LogP contribution in [-0.4, -0.2) is 42.2 Å². The number of urea groups is 1. The Morgan fingerprint density at radius 2 is 1.80 bits per heavy atom. The first-order valence-electron chi connectivity index (χ1n) is 11.8. The molecule has 0 aliphatic heterocycles. The van der Waals surface area contributed by atoms with Crippen molar-refractivity contribution >= 4 is 39.4 Å². The van der Waals surface area contributed by atoms with E-state index in [2.05, 4.69) is 21.2 Å². The summed E-state index contributed by atoms with van der Waals surface area (Å²) in [6.45, 7) is 0. The molecule has 1 heterocycles. The molecule has 0 saturated heterocycles. The largest absolute Gasteiger partial charge is 0.418 e. The van der Waals surface area contributed by atoms with Gasteiger partial charge in [0.05, 0.1) is 16.9 Å². The lowest BCUT2D eigenvalue weighted by atomic mass is 9.89. The van der Waals surface area contributed by atoms with Crippen molar-refractivity contribution in [2.75, 3.05) is 29.2 Å². The first-order chi connectivity index (χ1) is 16.5. The maximum atomic E-state index is 13.7. The second-order valence-electron chi connectivity index (χ2n) is 9.41. The highest BCUT2D eigenvalue weighted by Crippen LogP contribution is 2.40. The van der Waals surface area contributed by atoms with Crippen LogP contribution in [0.3, 0.4) is 0 Å². The second-order valence-corrected chi connectivity index (χ2v) is 10.3. The molecule has 0 unspecified atom stereocenters. The summed E-state index contributed by atoms with van der Waals surface area (Å²) < 4.78 is 41.4. The number of aryl methyl sites for hydroxylation is 1. The summed E-state index contributed by atoms with van der Waals surface area (Å²) in [6.07, 6.45) is 1.89. The summed E-state index contributed by atoms with van der Waals surface area (Å²) in [5.41, 5.74) is 6.79. The van der Waals surface area contributed by atoms with Crippen molar-refractivity contribution in [2.24, 2.45) is 5.73 Å². The SMILES string of the molecule is CN(C)c1nc(N[C@H]2CC[C@@H](N(C(N)=O)c3ccc(Br)cc3C(F)(F)F)CC2)nc2c1CCCC2. The van der Waals surface area contributed by atoms with Gasteiger partial charge in [0.15, 0.2) is 0 Å². The third kappa shape index (κ3) is 5.65. The number of halogens is 4. The number of carbonyl (C=O) groups excluding carboxylic acids is 1. The van der Waals surface area contributed by atoms with E-state index >= 15 is 0 Å². The second kappa shape index (κ2) is 10.2. The zero-order valence-corrected chi connectivity index (χ0v) is 21.4. The van der Waals surface area contributed by atoms with Gasteiger partial charge in [0, 0.05) is 36.2 Å². The third-order valence-corrected chi connectivity index (χ3v) is 7.23. The number of hydrogen-bond donors (Lipinski definition) is 2. The Balaban J connectivity index is 1.50. The predicted molar refractivity (Wildman–Crippen MR) is 134 cm³/mol. The van der Waals surface area contributed by atoms with Crippen LogP contribution in [0.1, 0.15) is 55.3 Å². The number of carbonyl (C=O) groups is 1. The number of fused-ring (bicyclic) bond motifs is 1. The standard InChI is InChI=1S/C24H30BrF3N6O/c1-33(2)21-17-5-3-4-6-19(17)31-23(32-21)30-15-8-10-16(11-9-15)34(22(29)35)20-12-7-14(25)13-18(20)24(26,27)28/h7,12-13,15-16H,3-6,8-11H2,1-2H3,(H2,29,35)(H,30,31,32)/t15-,16+. The number of amides is 2. The number of nitrogens with two attached hydrogens (primary N) is 1. The summed E-state index contributed by atoms with van der Waals surface area (Å²) in [5, 5.41) is 3.43. The molecule has 1 fully saturated rings. The van der Waals surface area contributed by atoms with Crippen molar-refractivity contribution in [3.63, 3.8) is 0 Å². The molecular formula is C24H30BrF3N6O. The molecule has 0 bridgehead atoms. The van der Waals surface area contributed by atoms with Crippen LogP contribution < -0.4 is 20.9 Å². The predicted octanol–water partition coefficient (Wildman–Crippen LogP) is 5.51. The lowest BCUT2D eigenvalue weighted by Gasteiger charge is -2.37. The molecule has 2 aliphatic rings. The molecule has 2 aliphatic carbocycles. The average Bonchev–Trinajstić information content (AvgIpc) is 2.80. The highest BCUT2D eigenvalue weighted by molar-refractivity contribution is 9.10. The Morgan fingerprint density at radius 1 is 1.11 bits per heavy atom. The minimum Gasteiger partial charge on any atom is -0.362 e. The molecule has 1 saturated carbocycles. The first kappa shape index (κ1) is 25.5. The van der Waals surface area contributed by atoms with Gasteiger partial charge in [-0.15, -0.1) is 0 Å². The quantitative estimate of drug-likeness (QED) is 0.508. The Labute approximate surface area is 211 Å². The van der Waals surface area contributed by atoms with E-state index in [1.807, 2.05) is 19.0 Å². The van der Waals surface area contributed by atoms with Gasteiger partial charge in [-0.05, 0) is 69.6 Å². The monoisotopic (exact) mass is 554 g/mol. The fraction of sp³-hybridized carbons (Fsp3) is 0.542. The molecule has 1 aromatic heterocycles. The molecule has 0 atom stereocenters. The fourth-order valence-corrected chi connectivity index (χ4v) is 5.47. The number of anilines is 3. The molecule has 4 rings (SSSR count). The van der Waals surface area contributed by atoms with Gasteiger partial charge in [-0.2, -0.15) is 18.2 Å². The van der Waals surface area contributed by atoms with Gasteiger partial charge in [0.2, 0.25) is 5.95 Å². The molecule has 0 radical (unpaired) electrons. The third-order valence-electron chi connectivity index (χ3n) is 6.74. The number of benzene rings is 1. The van der Waals surface area contributed by atoms with Gasteiger partial charge in [0.25, 0.3) is 0 Å². The van der Waals surface area contributed by atoms with Crippen molar-refractivity contribution in [1.29, 1.82) is 0 Å². The van der Waals surface area contributed by atoms with Gasteiger partial charge in [-0.1, -0.05) is 15.9 Å². The smallest absolute Gasteiger partial charge is 0.362 e. The Bertz CT molecular complexity index is 1090. The summed E-state index contributed by atoms with van der Waals surface area (Å²) in [7, 11) is 3.95. The van der Waals surface area contributed by atoms with Crippen LogP contribution in [0, 0.1) is 0 Å². The molecule has 3 N–H and O–H groups in total. The molecule has 35 heavy (non-hydrogen) atoms. The normalized spacial score (nSPS) is 20.2. The van der Waals surface area contributed by atoms with Crippen LogP contribution in [0.2, 0.25) is 0 Å². The molecule has 7 nitrogen and oxygen atoms in total. The van der Waals surface area contributed by atoms with Gasteiger partial charge >= 0.3 is 12.2 Å². The van der Waals surface area contributed by atoms with E-state index in [-0.39, 0.29) is 16.2 Å². The molecule has 2 amide bonds. The Kier molecular flexibility index (Phi) is 7.44. The van der Waals surface area contributed by atoms with E-state index < -0.39 is 23.8 Å².